The minimum Gasteiger partial charge on any atom is -0.435 e. The Balaban J connectivity index is 2.29. The lowest BCUT2D eigenvalue weighted by Crippen LogP contribution is -2.04. The molecule has 0 saturated heterocycles. The summed E-state index contributed by atoms with van der Waals surface area (Å²) in [4.78, 5) is 14.9. The van der Waals surface area contributed by atoms with Crippen LogP contribution in [0.3, 0.4) is 0 Å². The first kappa shape index (κ1) is 8.33. The summed E-state index contributed by atoms with van der Waals surface area (Å²) >= 11 is 1.61. The van der Waals surface area contributed by atoms with Gasteiger partial charge in [-0.15, -0.1) is 11.8 Å². The first-order valence-electron chi connectivity index (χ1n) is 3.29. The summed E-state index contributed by atoms with van der Waals surface area (Å²) < 4.78 is 4.53. The van der Waals surface area contributed by atoms with Crippen LogP contribution < -0.4 is 0 Å². The topological polar surface area (TPSA) is 38.7 Å². The van der Waals surface area contributed by atoms with Crippen LogP contribution in [-0.2, 0) is 9.53 Å². The van der Waals surface area contributed by atoms with Crippen molar-refractivity contribution in [3.8, 4) is 0 Å². The van der Waals surface area contributed by atoms with E-state index in [1.807, 2.05) is 0 Å². The summed E-state index contributed by atoms with van der Waals surface area (Å²) in [5, 5.41) is 0.872. The van der Waals surface area contributed by atoms with Crippen LogP contribution in [0, 0.1) is 0 Å². The Morgan fingerprint density at radius 3 is 3.27 bits per heavy atom. The fourth-order valence-corrected chi connectivity index (χ4v) is 1.57. The van der Waals surface area contributed by atoms with Gasteiger partial charge in [0.05, 0.1) is 17.7 Å². The van der Waals surface area contributed by atoms with Crippen LogP contribution in [0.2, 0.25) is 0 Å². The van der Waals surface area contributed by atoms with E-state index >= 15 is 0 Å². The number of hydrogen-bond acceptors (Lipinski definition) is 4. The van der Waals surface area contributed by atoms with E-state index in [9.17, 15) is 4.79 Å². The lowest BCUT2D eigenvalue weighted by Gasteiger charge is -1.96. The lowest BCUT2D eigenvalue weighted by molar-refractivity contribution is -0.136. The Morgan fingerprint density at radius 1 is 1.91 bits per heavy atom. The van der Waals surface area contributed by atoms with E-state index < -0.39 is 0 Å². The zero-order valence-corrected chi connectivity index (χ0v) is 6.89. The highest BCUT2D eigenvalue weighted by Crippen LogP contribution is 2.14. The molecule has 1 rings (SSSR count). The van der Waals surface area contributed by atoms with E-state index in [0.29, 0.717) is 0 Å². The number of ether oxygens (including phenoxy) is 1. The average Bonchev–Trinajstić information content (AvgIpc) is 2.40. The highest BCUT2D eigenvalue weighted by atomic mass is 32.2. The maximum Gasteiger partial charge on any atom is 0.317 e. The molecule has 0 atom stereocenters. The maximum absolute atomic E-state index is 10.8. The van der Waals surface area contributed by atoms with Crippen LogP contribution >= 0.6 is 11.8 Å². The number of carbonyl (C=O) groups is 1. The molecule has 0 spiro atoms. The minimum atomic E-state index is -0.284. The van der Waals surface area contributed by atoms with E-state index in [-0.39, 0.29) is 12.4 Å². The average molecular weight is 171 g/mol. The number of rotatable bonds is 3. The highest BCUT2D eigenvalue weighted by Gasteiger charge is 2.11. The molecule has 0 saturated carbocycles. The Labute approximate surface area is 69.5 Å². The molecule has 0 radical (unpaired) electrons. The van der Waals surface area contributed by atoms with E-state index in [1.165, 1.54) is 0 Å². The third-order valence-corrected chi connectivity index (χ3v) is 2.15. The Hall–Kier alpha value is -0.770. The molecule has 0 aromatic carbocycles. The molecule has 0 aromatic heterocycles. The van der Waals surface area contributed by atoms with Crippen molar-refractivity contribution in [1.82, 2.24) is 0 Å². The van der Waals surface area contributed by atoms with Gasteiger partial charge in [-0.3, -0.25) is 9.79 Å². The van der Waals surface area contributed by atoms with E-state index in [4.69, 9.17) is 0 Å². The van der Waals surface area contributed by atoms with Gasteiger partial charge in [0.2, 0.25) is 0 Å². The van der Waals surface area contributed by atoms with Gasteiger partial charge in [0.15, 0.2) is 0 Å². The van der Waals surface area contributed by atoms with Gasteiger partial charge in [-0.1, -0.05) is 6.58 Å². The standard InChI is InChI=1S/C7H9NO2S/c1-2-10-7(9)5-6-8-3-4-11-6/h2H,1,3-5H2. The molecule has 0 aromatic rings. The molecule has 0 aliphatic carbocycles. The maximum atomic E-state index is 10.8. The fraction of sp³-hybridized carbons (Fsp3) is 0.429. The molecule has 0 N–H and O–H groups in total. The second-order valence-electron chi connectivity index (χ2n) is 1.96. The zero-order chi connectivity index (χ0) is 8.10. The van der Waals surface area contributed by atoms with Crippen molar-refractivity contribution in [2.24, 2.45) is 4.99 Å². The lowest BCUT2D eigenvalue weighted by atomic mass is 10.5. The number of aliphatic imine (C=N–C) groups is 1. The summed E-state index contributed by atoms with van der Waals surface area (Å²) in [6.45, 7) is 4.11. The quantitative estimate of drug-likeness (QED) is 0.473. The number of esters is 1. The SMILES string of the molecule is C=COC(=O)CC1=NCCS1. The molecule has 1 heterocycles. The predicted molar refractivity (Wildman–Crippen MR) is 45.7 cm³/mol. The minimum absolute atomic E-state index is 0.284. The van der Waals surface area contributed by atoms with Gasteiger partial charge < -0.3 is 4.74 Å². The summed E-state index contributed by atoms with van der Waals surface area (Å²) in [5.74, 6) is 0.699. The van der Waals surface area contributed by atoms with E-state index in [1.54, 1.807) is 11.8 Å². The van der Waals surface area contributed by atoms with Crippen molar-refractivity contribution < 1.29 is 9.53 Å². The van der Waals surface area contributed by atoms with Crippen LogP contribution in [0.1, 0.15) is 6.42 Å². The molecule has 60 valence electrons. The number of nitrogens with zero attached hydrogens (tertiary/aromatic N) is 1. The largest absolute Gasteiger partial charge is 0.435 e. The predicted octanol–water partition coefficient (Wildman–Crippen LogP) is 1.21. The number of hydrogen-bond donors (Lipinski definition) is 0. The third kappa shape index (κ3) is 2.76. The van der Waals surface area contributed by atoms with E-state index in [0.717, 1.165) is 23.6 Å². The van der Waals surface area contributed by atoms with Gasteiger partial charge in [-0.2, -0.15) is 0 Å². The Morgan fingerprint density at radius 2 is 2.73 bits per heavy atom. The summed E-state index contributed by atoms with van der Waals surface area (Å²) in [6.07, 6.45) is 1.43. The van der Waals surface area contributed by atoms with Gasteiger partial charge >= 0.3 is 5.97 Å². The molecule has 0 amide bonds. The molecular formula is C7H9NO2S. The first-order chi connectivity index (χ1) is 5.33. The normalized spacial score (nSPS) is 15.8. The van der Waals surface area contributed by atoms with Crippen molar-refractivity contribution in [3.05, 3.63) is 12.8 Å². The summed E-state index contributed by atoms with van der Waals surface area (Å²) in [6, 6.07) is 0. The second kappa shape index (κ2) is 4.18. The molecule has 0 unspecified atom stereocenters. The summed E-state index contributed by atoms with van der Waals surface area (Å²) in [7, 11) is 0. The van der Waals surface area contributed by atoms with Crippen LogP contribution in [0.5, 0.6) is 0 Å². The van der Waals surface area contributed by atoms with Gasteiger partial charge in [0, 0.05) is 12.3 Å². The smallest absolute Gasteiger partial charge is 0.317 e. The molecule has 4 heteroatoms. The molecule has 1 aliphatic rings. The molecular weight excluding hydrogens is 162 g/mol. The van der Waals surface area contributed by atoms with Crippen molar-refractivity contribution in [1.29, 1.82) is 0 Å². The Bertz CT molecular complexity index is 201. The van der Waals surface area contributed by atoms with E-state index in [2.05, 4.69) is 16.3 Å². The van der Waals surface area contributed by atoms with Gasteiger partial charge in [0.25, 0.3) is 0 Å². The molecule has 11 heavy (non-hydrogen) atoms. The zero-order valence-electron chi connectivity index (χ0n) is 6.08. The Kier molecular flexibility index (Phi) is 3.16. The number of thioether (sulfide) groups is 1. The van der Waals surface area contributed by atoms with Crippen molar-refractivity contribution >= 4 is 22.8 Å². The molecule has 1 aliphatic heterocycles. The van der Waals surface area contributed by atoms with Gasteiger partial charge in [0.1, 0.15) is 0 Å². The number of carbonyl (C=O) groups excluding carboxylic acids is 1. The fourth-order valence-electron chi connectivity index (χ4n) is 0.744. The van der Waals surface area contributed by atoms with Crippen molar-refractivity contribution in [2.45, 2.75) is 6.42 Å². The molecule has 3 nitrogen and oxygen atoms in total. The summed E-state index contributed by atoms with van der Waals surface area (Å²) in [5.41, 5.74) is 0. The van der Waals surface area contributed by atoms with Crippen LogP contribution in [-0.4, -0.2) is 23.3 Å². The van der Waals surface area contributed by atoms with Gasteiger partial charge in [-0.25, -0.2) is 0 Å². The molecule has 0 fully saturated rings. The van der Waals surface area contributed by atoms with Crippen molar-refractivity contribution in [2.75, 3.05) is 12.3 Å². The second-order valence-corrected chi connectivity index (χ2v) is 3.13. The van der Waals surface area contributed by atoms with Crippen LogP contribution in [0.15, 0.2) is 17.8 Å². The van der Waals surface area contributed by atoms with Gasteiger partial charge in [-0.05, 0) is 0 Å². The highest BCUT2D eigenvalue weighted by molar-refractivity contribution is 8.14. The molecule has 0 bridgehead atoms. The first-order valence-corrected chi connectivity index (χ1v) is 4.28. The third-order valence-electron chi connectivity index (χ3n) is 1.16. The van der Waals surface area contributed by atoms with Crippen LogP contribution in [0.25, 0.3) is 0 Å². The van der Waals surface area contributed by atoms with Crippen LogP contribution in [0.4, 0.5) is 0 Å². The monoisotopic (exact) mass is 171 g/mol. The van der Waals surface area contributed by atoms with Crippen molar-refractivity contribution in [3.63, 3.8) is 0 Å².